The summed E-state index contributed by atoms with van der Waals surface area (Å²) < 4.78 is 6.66. The number of esters is 1. The molecule has 1 aliphatic heterocycles. The van der Waals surface area contributed by atoms with Crippen molar-refractivity contribution in [2.75, 3.05) is 19.7 Å². The molecular formula is C13H20N4O4. The molecule has 0 unspecified atom stereocenters. The SMILES string of the molecule is CCOC(=O)c1nnn([C@H]2CCCN(C(=O)O)CC2)c1C. The van der Waals surface area contributed by atoms with Crippen LogP contribution in [0.4, 0.5) is 4.79 Å². The van der Waals surface area contributed by atoms with Gasteiger partial charge in [-0.05, 0) is 33.1 Å². The van der Waals surface area contributed by atoms with Crippen molar-refractivity contribution in [2.45, 2.75) is 39.2 Å². The van der Waals surface area contributed by atoms with Crippen LogP contribution in [0.1, 0.15) is 48.4 Å². The van der Waals surface area contributed by atoms with Crippen molar-refractivity contribution >= 4 is 12.1 Å². The molecule has 1 N–H and O–H groups in total. The summed E-state index contributed by atoms with van der Waals surface area (Å²) >= 11 is 0. The molecule has 1 fully saturated rings. The Morgan fingerprint density at radius 3 is 2.81 bits per heavy atom. The fraction of sp³-hybridized carbons (Fsp3) is 0.692. The highest BCUT2D eigenvalue weighted by Gasteiger charge is 2.25. The van der Waals surface area contributed by atoms with Crippen molar-refractivity contribution in [1.82, 2.24) is 19.9 Å². The first-order valence-corrected chi connectivity index (χ1v) is 7.11. The zero-order valence-corrected chi connectivity index (χ0v) is 12.3. The fourth-order valence-electron chi connectivity index (χ4n) is 2.59. The van der Waals surface area contributed by atoms with E-state index in [1.807, 2.05) is 0 Å². The molecule has 0 radical (unpaired) electrons. The number of carbonyl (C=O) groups excluding carboxylic acids is 1. The Kier molecular flexibility index (Phi) is 4.77. The van der Waals surface area contributed by atoms with E-state index in [9.17, 15) is 9.59 Å². The topological polar surface area (TPSA) is 97.5 Å². The molecule has 21 heavy (non-hydrogen) atoms. The molecule has 1 amide bonds. The van der Waals surface area contributed by atoms with Crippen molar-refractivity contribution in [3.8, 4) is 0 Å². The van der Waals surface area contributed by atoms with Crippen LogP contribution in [0.25, 0.3) is 0 Å². The molecular weight excluding hydrogens is 276 g/mol. The number of hydrogen-bond donors (Lipinski definition) is 1. The number of carboxylic acid groups (broad SMARTS) is 1. The predicted molar refractivity (Wildman–Crippen MR) is 73.2 cm³/mol. The molecule has 116 valence electrons. The molecule has 1 saturated heterocycles. The van der Waals surface area contributed by atoms with E-state index in [-0.39, 0.29) is 11.7 Å². The highest BCUT2D eigenvalue weighted by molar-refractivity contribution is 5.88. The second-order valence-corrected chi connectivity index (χ2v) is 5.04. The standard InChI is InChI=1S/C13H20N4O4/c1-3-21-12(18)11-9(2)17(15-14-11)10-5-4-7-16(8-6-10)13(19)20/h10H,3-8H2,1-2H3,(H,19,20)/t10-/m0/s1. The van der Waals surface area contributed by atoms with Gasteiger partial charge in [0.15, 0.2) is 5.69 Å². The van der Waals surface area contributed by atoms with E-state index in [2.05, 4.69) is 10.3 Å². The number of ether oxygens (including phenoxy) is 1. The Morgan fingerprint density at radius 2 is 2.14 bits per heavy atom. The van der Waals surface area contributed by atoms with Crippen molar-refractivity contribution in [3.63, 3.8) is 0 Å². The highest BCUT2D eigenvalue weighted by atomic mass is 16.5. The van der Waals surface area contributed by atoms with Gasteiger partial charge in [0, 0.05) is 13.1 Å². The summed E-state index contributed by atoms with van der Waals surface area (Å²) in [5.74, 6) is -0.470. The first-order chi connectivity index (χ1) is 10.0. The van der Waals surface area contributed by atoms with Gasteiger partial charge in [-0.1, -0.05) is 5.21 Å². The summed E-state index contributed by atoms with van der Waals surface area (Å²) in [6.45, 7) is 4.82. The normalized spacial score (nSPS) is 19.1. The van der Waals surface area contributed by atoms with E-state index in [1.165, 1.54) is 4.90 Å². The summed E-state index contributed by atoms with van der Waals surface area (Å²) in [6, 6.07) is 0.0602. The van der Waals surface area contributed by atoms with Gasteiger partial charge in [0.1, 0.15) is 0 Å². The monoisotopic (exact) mass is 296 g/mol. The lowest BCUT2D eigenvalue weighted by molar-refractivity contribution is 0.0518. The Hall–Kier alpha value is -2.12. The predicted octanol–water partition coefficient (Wildman–Crippen LogP) is 1.47. The molecule has 2 heterocycles. The Balaban J connectivity index is 2.12. The Bertz CT molecular complexity index is 528. The molecule has 0 saturated carbocycles. The van der Waals surface area contributed by atoms with E-state index in [0.717, 1.165) is 12.8 Å². The fourth-order valence-corrected chi connectivity index (χ4v) is 2.59. The van der Waals surface area contributed by atoms with E-state index in [4.69, 9.17) is 9.84 Å². The number of aromatic nitrogens is 3. The van der Waals surface area contributed by atoms with Gasteiger partial charge in [-0.25, -0.2) is 14.3 Å². The van der Waals surface area contributed by atoms with Crippen molar-refractivity contribution in [3.05, 3.63) is 11.4 Å². The van der Waals surface area contributed by atoms with Crippen molar-refractivity contribution in [1.29, 1.82) is 0 Å². The van der Waals surface area contributed by atoms with E-state index < -0.39 is 12.1 Å². The Morgan fingerprint density at radius 1 is 1.38 bits per heavy atom. The first-order valence-electron chi connectivity index (χ1n) is 7.11. The average Bonchev–Trinajstić information content (AvgIpc) is 2.67. The lowest BCUT2D eigenvalue weighted by atomic mass is 10.1. The van der Waals surface area contributed by atoms with Gasteiger partial charge in [-0.3, -0.25) is 0 Å². The third kappa shape index (κ3) is 3.32. The minimum atomic E-state index is -0.891. The quantitative estimate of drug-likeness (QED) is 0.848. The van der Waals surface area contributed by atoms with Gasteiger partial charge in [-0.15, -0.1) is 5.10 Å². The van der Waals surface area contributed by atoms with Crippen molar-refractivity contribution < 1.29 is 19.4 Å². The summed E-state index contributed by atoms with van der Waals surface area (Å²) in [4.78, 5) is 24.2. The van der Waals surface area contributed by atoms with Gasteiger partial charge in [0.2, 0.25) is 0 Å². The number of rotatable bonds is 3. The zero-order valence-electron chi connectivity index (χ0n) is 12.3. The molecule has 0 spiro atoms. The Labute approximate surface area is 122 Å². The van der Waals surface area contributed by atoms with Gasteiger partial charge in [0.05, 0.1) is 18.3 Å². The smallest absolute Gasteiger partial charge is 0.407 e. The number of hydrogen-bond acceptors (Lipinski definition) is 5. The number of nitrogens with zero attached hydrogens (tertiary/aromatic N) is 4. The molecule has 8 nitrogen and oxygen atoms in total. The number of carbonyl (C=O) groups is 2. The maximum atomic E-state index is 11.7. The maximum absolute atomic E-state index is 11.7. The van der Waals surface area contributed by atoms with Crippen LogP contribution in [0.15, 0.2) is 0 Å². The minimum Gasteiger partial charge on any atom is -0.465 e. The molecule has 0 aromatic carbocycles. The average molecular weight is 296 g/mol. The summed E-state index contributed by atoms with van der Waals surface area (Å²) in [7, 11) is 0. The number of likely N-dealkylation sites (tertiary alicyclic amines) is 1. The molecule has 1 atom stereocenters. The lowest BCUT2D eigenvalue weighted by Crippen LogP contribution is -2.30. The van der Waals surface area contributed by atoms with Crippen LogP contribution in [0.2, 0.25) is 0 Å². The highest BCUT2D eigenvalue weighted by Crippen LogP contribution is 2.24. The first kappa shape index (κ1) is 15.3. The second-order valence-electron chi connectivity index (χ2n) is 5.04. The van der Waals surface area contributed by atoms with Crippen LogP contribution in [-0.2, 0) is 4.74 Å². The summed E-state index contributed by atoms with van der Waals surface area (Å²) in [5, 5.41) is 17.0. The molecule has 1 aromatic heterocycles. The molecule has 8 heteroatoms. The van der Waals surface area contributed by atoms with Crippen LogP contribution in [0.3, 0.4) is 0 Å². The molecule has 2 rings (SSSR count). The van der Waals surface area contributed by atoms with Gasteiger partial charge >= 0.3 is 12.1 Å². The van der Waals surface area contributed by atoms with Crippen LogP contribution < -0.4 is 0 Å². The van der Waals surface area contributed by atoms with Gasteiger partial charge in [0.25, 0.3) is 0 Å². The zero-order chi connectivity index (χ0) is 15.4. The van der Waals surface area contributed by atoms with Crippen LogP contribution in [0, 0.1) is 6.92 Å². The third-order valence-electron chi connectivity index (χ3n) is 3.71. The maximum Gasteiger partial charge on any atom is 0.407 e. The van der Waals surface area contributed by atoms with Crippen LogP contribution in [-0.4, -0.2) is 56.8 Å². The third-order valence-corrected chi connectivity index (χ3v) is 3.71. The van der Waals surface area contributed by atoms with E-state index in [1.54, 1.807) is 18.5 Å². The molecule has 0 aliphatic carbocycles. The molecule has 1 aromatic rings. The molecule has 1 aliphatic rings. The lowest BCUT2D eigenvalue weighted by Gasteiger charge is -2.17. The van der Waals surface area contributed by atoms with Gasteiger partial charge < -0.3 is 14.7 Å². The number of amides is 1. The summed E-state index contributed by atoms with van der Waals surface area (Å²) in [6.07, 6.45) is 1.36. The van der Waals surface area contributed by atoms with Gasteiger partial charge in [-0.2, -0.15) is 0 Å². The van der Waals surface area contributed by atoms with Crippen molar-refractivity contribution in [2.24, 2.45) is 0 Å². The van der Waals surface area contributed by atoms with E-state index in [0.29, 0.717) is 31.8 Å². The van der Waals surface area contributed by atoms with Crippen LogP contribution in [0.5, 0.6) is 0 Å². The minimum absolute atomic E-state index is 0.0602. The second kappa shape index (κ2) is 6.55. The van der Waals surface area contributed by atoms with E-state index >= 15 is 0 Å². The molecule has 0 bridgehead atoms. The van der Waals surface area contributed by atoms with Crippen LogP contribution >= 0.6 is 0 Å². The largest absolute Gasteiger partial charge is 0.465 e. The summed E-state index contributed by atoms with van der Waals surface area (Å²) in [5.41, 5.74) is 0.901.